The molecule has 1 N–H and O–H groups in total. The topological polar surface area (TPSA) is 50.4 Å². The number of aromatic nitrogens is 1. The van der Waals surface area contributed by atoms with Gasteiger partial charge in [0.25, 0.3) is 0 Å². The van der Waals surface area contributed by atoms with Gasteiger partial charge in [0, 0.05) is 16.9 Å². The number of carbonyl (C=O) groups is 1. The van der Waals surface area contributed by atoms with Gasteiger partial charge < -0.3 is 4.74 Å². The van der Waals surface area contributed by atoms with Crippen molar-refractivity contribution in [3.8, 4) is 0 Å². The van der Waals surface area contributed by atoms with Crippen molar-refractivity contribution >= 4 is 5.97 Å². The molecule has 0 radical (unpaired) electrons. The molecule has 4 nitrogen and oxygen atoms in total. The Kier molecular flexibility index (Phi) is 2.63. The first kappa shape index (κ1) is 8.52. The second-order valence-corrected chi connectivity index (χ2v) is 2.19. The Morgan fingerprint density at radius 2 is 2.17 bits per heavy atom. The third-order valence-corrected chi connectivity index (χ3v) is 1.32. The molecule has 1 rings (SSSR count). The Bertz CT molecular complexity index is 268. The second kappa shape index (κ2) is 3.71. The summed E-state index contributed by atoms with van der Waals surface area (Å²) in [4.78, 5) is 11.0. The Morgan fingerprint density at radius 3 is 2.67 bits per heavy atom. The summed E-state index contributed by atoms with van der Waals surface area (Å²) in [6.45, 7) is 2.10. The number of hydrogen-bond acceptors (Lipinski definition) is 3. The van der Waals surface area contributed by atoms with E-state index in [9.17, 15) is 4.79 Å². The maximum atomic E-state index is 11.0. The summed E-state index contributed by atoms with van der Waals surface area (Å²) in [5.41, 5.74) is 0.433. The van der Waals surface area contributed by atoms with Crippen LogP contribution in [0.25, 0.3) is 0 Å². The summed E-state index contributed by atoms with van der Waals surface area (Å²) in [7, 11) is 0. The van der Waals surface area contributed by atoms with E-state index in [-0.39, 0.29) is 5.97 Å². The van der Waals surface area contributed by atoms with Crippen LogP contribution in [0.3, 0.4) is 0 Å². The Labute approximate surface area is 70.0 Å². The predicted molar refractivity (Wildman–Crippen MR) is 39.8 cm³/mol. The third kappa shape index (κ3) is 1.95. The first-order valence-corrected chi connectivity index (χ1v) is 3.61. The monoisotopic (exact) mass is 168 g/mol. The van der Waals surface area contributed by atoms with E-state index >= 15 is 0 Å². The second-order valence-electron chi connectivity index (χ2n) is 2.19. The molecule has 0 spiro atoms. The molecule has 0 fully saturated rings. The number of carbonyl (C=O) groups excluding carboxylic acids is 1. The zero-order valence-electron chi connectivity index (χ0n) is 6.73. The van der Waals surface area contributed by atoms with Crippen LogP contribution in [0.5, 0.6) is 0 Å². The van der Waals surface area contributed by atoms with Crippen molar-refractivity contribution in [3.63, 3.8) is 0 Å². The number of ether oxygens (including phenoxy) is 1. The van der Waals surface area contributed by atoms with Gasteiger partial charge in [0.15, 0.2) is 0 Å². The molecule has 0 atom stereocenters. The molecule has 0 aliphatic carbocycles. The fraction of sp³-hybridized carbons (Fsp3) is 0.250. The minimum absolute atomic E-state index is 0.354. The first-order valence-electron chi connectivity index (χ1n) is 3.61. The minimum atomic E-state index is -0.377. The van der Waals surface area contributed by atoms with Gasteiger partial charge in [-0.1, -0.05) is 0 Å². The summed E-state index contributed by atoms with van der Waals surface area (Å²) in [5, 5.41) is 8.83. The number of rotatable bonds is 2. The molecule has 12 heavy (non-hydrogen) atoms. The number of nitrogens with zero attached hydrogens (tertiary/aromatic N) is 1. The van der Waals surface area contributed by atoms with Crippen LogP contribution in [0.2, 0.25) is 0 Å². The standard InChI is InChI=1S/C8H10NO3/c1-2-12-8(10)7-3-5-9(11)6-4-7/h3-6,11H,2H2,1H3/q+1. The van der Waals surface area contributed by atoms with Gasteiger partial charge in [0.05, 0.1) is 12.2 Å². The SMILES string of the molecule is CCOC(=O)c1cc[n+](O)cc1. The van der Waals surface area contributed by atoms with Gasteiger partial charge in [0.1, 0.15) is 0 Å². The highest BCUT2D eigenvalue weighted by Crippen LogP contribution is 1.97. The molecule has 0 saturated heterocycles. The minimum Gasteiger partial charge on any atom is -0.462 e. The largest absolute Gasteiger partial charge is 0.462 e. The van der Waals surface area contributed by atoms with Gasteiger partial charge in [-0.2, -0.15) is 0 Å². The lowest BCUT2D eigenvalue weighted by molar-refractivity contribution is -0.904. The highest BCUT2D eigenvalue weighted by Gasteiger charge is 2.07. The Morgan fingerprint density at radius 1 is 1.58 bits per heavy atom. The molecule has 0 aromatic carbocycles. The van der Waals surface area contributed by atoms with Crippen molar-refractivity contribution in [2.24, 2.45) is 0 Å². The molecule has 0 aliphatic heterocycles. The van der Waals surface area contributed by atoms with Gasteiger partial charge in [0.2, 0.25) is 12.4 Å². The smallest absolute Gasteiger partial charge is 0.338 e. The van der Waals surface area contributed by atoms with Gasteiger partial charge in [-0.15, -0.1) is 0 Å². The van der Waals surface area contributed by atoms with Crippen LogP contribution >= 0.6 is 0 Å². The molecule has 0 amide bonds. The fourth-order valence-electron chi connectivity index (χ4n) is 0.769. The predicted octanol–water partition coefficient (Wildman–Crippen LogP) is 0.388. The van der Waals surface area contributed by atoms with Crippen molar-refractivity contribution in [2.45, 2.75) is 6.92 Å². The van der Waals surface area contributed by atoms with Crippen LogP contribution in [-0.4, -0.2) is 17.8 Å². The van der Waals surface area contributed by atoms with Crippen LogP contribution in [0.15, 0.2) is 24.5 Å². The third-order valence-electron chi connectivity index (χ3n) is 1.32. The molecule has 1 aromatic heterocycles. The Balaban J connectivity index is 2.75. The van der Waals surface area contributed by atoms with E-state index in [1.165, 1.54) is 24.5 Å². The van der Waals surface area contributed by atoms with E-state index in [1.807, 2.05) is 0 Å². The van der Waals surface area contributed by atoms with E-state index in [2.05, 4.69) is 0 Å². The number of hydrogen-bond donors (Lipinski definition) is 1. The molecule has 0 unspecified atom stereocenters. The fourth-order valence-corrected chi connectivity index (χ4v) is 0.769. The maximum Gasteiger partial charge on any atom is 0.338 e. The van der Waals surface area contributed by atoms with E-state index in [0.29, 0.717) is 12.2 Å². The molecule has 4 heteroatoms. The van der Waals surface area contributed by atoms with E-state index in [4.69, 9.17) is 9.94 Å². The van der Waals surface area contributed by atoms with E-state index in [1.54, 1.807) is 6.92 Å². The van der Waals surface area contributed by atoms with Crippen molar-refractivity contribution in [1.82, 2.24) is 0 Å². The lowest BCUT2D eigenvalue weighted by Crippen LogP contribution is -2.28. The summed E-state index contributed by atoms with van der Waals surface area (Å²) >= 11 is 0. The van der Waals surface area contributed by atoms with Crippen molar-refractivity contribution in [1.29, 1.82) is 0 Å². The molecule has 64 valence electrons. The van der Waals surface area contributed by atoms with Crippen molar-refractivity contribution in [3.05, 3.63) is 30.1 Å². The molecular weight excluding hydrogens is 158 g/mol. The molecule has 0 aliphatic rings. The van der Waals surface area contributed by atoms with Crippen LogP contribution in [-0.2, 0) is 4.74 Å². The van der Waals surface area contributed by atoms with Crippen LogP contribution in [0.1, 0.15) is 17.3 Å². The van der Waals surface area contributed by atoms with Gasteiger partial charge >= 0.3 is 5.97 Å². The maximum absolute atomic E-state index is 11.0. The van der Waals surface area contributed by atoms with E-state index in [0.717, 1.165) is 4.73 Å². The van der Waals surface area contributed by atoms with E-state index < -0.39 is 0 Å². The van der Waals surface area contributed by atoms with Gasteiger partial charge in [-0.25, -0.2) is 4.79 Å². The summed E-state index contributed by atoms with van der Waals surface area (Å²) in [6.07, 6.45) is 2.73. The highest BCUT2D eigenvalue weighted by molar-refractivity contribution is 5.88. The first-order chi connectivity index (χ1) is 5.74. The van der Waals surface area contributed by atoms with Gasteiger partial charge in [-0.05, 0) is 6.92 Å². The average molecular weight is 168 g/mol. The molecular formula is C8H10NO3+. The lowest BCUT2D eigenvalue weighted by atomic mass is 10.3. The lowest BCUT2D eigenvalue weighted by Gasteiger charge is -1.98. The van der Waals surface area contributed by atoms with Gasteiger partial charge in [-0.3, -0.25) is 5.21 Å². The molecule has 0 saturated carbocycles. The van der Waals surface area contributed by atoms with Crippen molar-refractivity contribution in [2.75, 3.05) is 6.61 Å². The molecule has 1 heterocycles. The quantitative estimate of drug-likeness (QED) is 0.395. The number of pyridine rings is 1. The number of esters is 1. The highest BCUT2D eigenvalue weighted by atomic mass is 16.5. The van der Waals surface area contributed by atoms with Crippen LogP contribution in [0, 0.1) is 0 Å². The summed E-state index contributed by atoms with van der Waals surface area (Å²) in [5.74, 6) is -0.377. The zero-order valence-corrected chi connectivity index (χ0v) is 6.73. The zero-order chi connectivity index (χ0) is 8.97. The van der Waals surface area contributed by atoms with Crippen LogP contribution < -0.4 is 4.73 Å². The summed E-state index contributed by atoms with van der Waals surface area (Å²) in [6, 6.07) is 2.97. The average Bonchev–Trinajstić information content (AvgIpc) is 2.06. The van der Waals surface area contributed by atoms with Crippen molar-refractivity contribution < 1.29 is 19.5 Å². The molecule has 1 aromatic rings. The normalized spacial score (nSPS) is 9.42. The Hall–Kier alpha value is -1.58. The van der Waals surface area contributed by atoms with Crippen LogP contribution in [0.4, 0.5) is 0 Å². The summed E-state index contributed by atoms with van der Waals surface area (Å²) < 4.78 is 5.60. The molecule has 0 bridgehead atoms.